The standard InChI is InChI=1S/C29H35N3O5/c33-28(34)18-22(21-9-10-25-26(17-21)37-19-36-25)8-7-20-11-14-32(15-12-20)29(35)23-4-3-5-24(16-23)31-27-6-1-2-13-30-27/h3-5,9-10,16-17,20,22H,1-2,6-8,11-15,18-19H2,(H,30,31)(H,33,34). The summed E-state index contributed by atoms with van der Waals surface area (Å²) in [6.45, 7) is 2.52. The number of carboxylic acid groups (broad SMARTS) is 1. The lowest BCUT2D eigenvalue weighted by molar-refractivity contribution is -0.137. The van der Waals surface area contributed by atoms with Crippen LogP contribution in [0.25, 0.3) is 0 Å². The Hall–Kier alpha value is -3.55. The molecule has 0 aromatic heterocycles. The minimum absolute atomic E-state index is 0.0665. The van der Waals surface area contributed by atoms with Crippen molar-refractivity contribution in [2.45, 2.75) is 57.3 Å². The Kier molecular flexibility index (Phi) is 7.92. The van der Waals surface area contributed by atoms with Crippen molar-refractivity contribution in [2.24, 2.45) is 10.9 Å². The monoisotopic (exact) mass is 505 g/mol. The molecule has 196 valence electrons. The molecule has 5 rings (SSSR count). The molecule has 3 aliphatic heterocycles. The number of amidine groups is 1. The van der Waals surface area contributed by atoms with E-state index in [9.17, 15) is 14.7 Å². The fourth-order valence-corrected chi connectivity index (χ4v) is 5.50. The average molecular weight is 506 g/mol. The van der Waals surface area contributed by atoms with Gasteiger partial charge in [0.1, 0.15) is 5.84 Å². The minimum atomic E-state index is -0.796. The average Bonchev–Trinajstić information content (AvgIpc) is 3.40. The van der Waals surface area contributed by atoms with E-state index >= 15 is 0 Å². The summed E-state index contributed by atoms with van der Waals surface area (Å²) in [5.74, 6) is 2.07. The van der Waals surface area contributed by atoms with Crippen LogP contribution in [0.3, 0.4) is 0 Å². The van der Waals surface area contributed by atoms with E-state index in [1.54, 1.807) is 0 Å². The number of hydrogen-bond acceptors (Lipinski definition) is 6. The molecular formula is C29H35N3O5. The van der Waals surface area contributed by atoms with E-state index in [0.717, 1.165) is 81.7 Å². The number of aliphatic imine (C=N–C) groups is 1. The van der Waals surface area contributed by atoms with E-state index in [2.05, 4.69) is 10.3 Å². The highest BCUT2D eigenvalue weighted by Crippen LogP contribution is 2.38. The molecule has 0 spiro atoms. The van der Waals surface area contributed by atoms with Gasteiger partial charge in [-0.15, -0.1) is 0 Å². The maximum absolute atomic E-state index is 13.2. The van der Waals surface area contributed by atoms with Gasteiger partial charge in [-0.05, 0) is 86.3 Å². The zero-order valence-corrected chi connectivity index (χ0v) is 21.2. The second kappa shape index (κ2) is 11.7. The number of carboxylic acids is 1. The molecule has 1 saturated heterocycles. The largest absolute Gasteiger partial charge is 0.481 e. The number of carbonyl (C=O) groups is 2. The molecule has 37 heavy (non-hydrogen) atoms. The molecule has 1 unspecified atom stereocenters. The molecule has 8 heteroatoms. The van der Waals surface area contributed by atoms with Gasteiger partial charge in [-0.3, -0.25) is 14.6 Å². The van der Waals surface area contributed by atoms with Crippen LogP contribution < -0.4 is 14.8 Å². The number of benzene rings is 2. The van der Waals surface area contributed by atoms with E-state index < -0.39 is 5.97 Å². The van der Waals surface area contributed by atoms with E-state index in [4.69, 9.17) is 9.47 Å². The van der Waals surface area contributed by atoms with Gasteiger partial charge in [-0.1, -0.05) is 12.1 Å². The molecule has 0 bridgehead atoms. The molecule has 0 saturated carbocycles. The zero-order valence-electron chi connectivity index (χ0n) is 21.2. The third-order valence-corrected chi connectivity index (χ3v) is 7.64. The normalized spacial score (nSPS) is 18.3. The highest BCUT2D eigenvalue weighted by molar-refractivity contribution is 5.99. The Bertz CT molecular complexity index is 1160. The molecule has 3 aliphatic rings. The van der Waals surface area contributed by atoms with E-state index in [1.165, 1.54) is 0 Å². The number of hydrogen-bond donors (Lipinski definition) is 2. The van der Waals surface area contributed by atoms with Crippen LogP contribution in [0.15, 0.2) is 47.5 Å². The summed E-state index contributed by atoms with van der Waals surface area (Å²) in [7, 11) is 0. The molecule has 8 nitrogen and oxygen atoms in total. The third-order valence-electron chi connectivity index (χ3n) is 7.64. The number of aliphatic carboxylic acids is 1. The summed E-state index contributed by atoms with van der Waals surface area (Å²) in [5, 5.41) is 12.9. The maximum atomic E-state index is 13.2. The number of amides is 1. The first-order chi connectivity index (χ1) is 18.0. The molecule has 0 radical (unpaired) electrons. The molecule has 1 fully saturated rings. The summed E-state index contributed by atoms with van der Waals surface area (Å²) in [6.07, 6.45) is 6.92. The number of carbonyl (C=O) groups excluding carboxylic acids is 1. The second-order valence-corrected chi connectivity index (χ2v) is 10.2. The van der Waals surface area contributed by atoms with Crippen LogP contribution in [0.4, 0.5) is 5.69 Å². The quantitative estimate of drug-likeness (QED) is 0.505. The Morgan fingerprint density at radius 3 is 2.70 bits per heavy atom. The van der Waals surface area contributed by atoms with Gasteiger partial charge < -0.3 is 24.8 Å². The lowest BCUT2D eigenvalue weighted by Gasteiger charge is -2.33. The van der Waals surface area contributed by atoms with Crippen LogP contribution in [0.2, 0.25) is 0 Å². The molecular weight excluding hydrogens is 470 g/mol. The van der Waals surface area contributed by atoms with Crippen LogP contribution in [0, 0.1) is 5.92 Å². The predicted molar refractivity (Wildman–Crippen MR) is 142 cm³/mol. The minimum Gasteiger partial charge on any atom is -0.481 e. The topological polar surface area (TPSA) is 100 Å². The number of fused-ring (bicyclic) bond motifs is 1. The van der Waals surface area contributed by atoms with Crippen LogP contribution in [-0.4, -0.2) is 54.1 Å². The van der Waals surface area contributed by atoms with Gasteiger partial charge in [-0.2, -0.15) is 0 Å². The summed E-state index contributed by atoms with van der Waals surface area (Å²) in [6, 6.07) is 13.4. The molecule has 1 atom stereocenters. The summed E-state index contributed by atoms with van der Waals surface area (Å²) >= 11 is 0. The number of rotatable bonds is 8. The van der Waals surface area contributed by atoms with Crippen molar-refractivity contribution in [1.82, 2.24) is 4.90 Å². The second-order valence-electron chi connectivity index (χ2n) is 10.2. The maximum Gasteiger partial charge on any atom is 0.303 e. The van der Waals surface area contributed by atoms with Gasteiger partial charge in [0, 0.05) is 37.3 Å². The Morgan fingerprint density at radius 1 is 1.08 bits per heavy atom. The number of anilines is 1. The van der Waals surface area contributed by atoms with Gasteiger partial charge in [-0.25, -0.2) is 0 Å². The van der Waals surface area contributed by atoms with Crippen molar-refractivity contribution in [3.8, 4) is 11.5 Å². The van der Waals surface area contributed by atoms with E-state index in [0.29, 0.717) is 23.0 Å². The molecule has 3 heterocycles. The lowest BCUT2D eigenvalue weighted by Crippen LogP contribution is -2.38. The fourth-order valence-electron chi connectivity index (χ4n) is 5.50. The number of piperidine rings is 1. The Morgan fingerprint density at radius 2 is 1.92 bits per heavy atom. The number of likely N-dealkylation sites (tertiary alicyclic amines) is 1. The van der Waals surface area contributed by atoms with Crippen molar-refractivity contribution in [3.05, 3.63) is 53.6 Å². The van der Waals surface area contributed by atoms with Crippen molar-refractivity contribution in [1.29, 1.82) is 0 Å². The van der Waals surface area contributed by atoms with Crippen LogP contribution in [0.1, 0.15) is 73.2 Å². The number of nitrogens with zero attached hydrogens (tertiary/aromatic N) is 2. The summed E-state index contributed by atoms with van der Waals surface area (Å²) in [4.78, 5) is 31.2. The van der Waals surface area contributed by atoms with Gasteiger partial charge in [0.15, 0.2) is 11.5 Å². The molecule has 2 N–H and O–H groups in total. The molecule has 2 aromatic rings. The van der Waals surface area contributed by atoms with Gasteiger partial charge in [0.2, 0.25) is 6.79 Å². The van der Waals surface area contributed by atoms with Gasteiger partial charge in [0.05, 0.1) is 6.42 Å². The fraction of sp³-hybridized carbons (Fsp3) is 0.483. The summed E-state index contributed by atoms with van der Waals surface area (Å²) < 4.78 is 10.9. The molecule has 1 amide bonds. The van der Waals surface area contributed by atoms with Crippen LogP contribution in [0.5, 0.6) is 11.5 Å². The van der Waals surface area contributed by atoms with E-state index in [-0.39, 0.29) is 25.0 Å². The van der Waals surface area contributed by atoms with Crippen molar-refractivity contribution in [2.75, 3.05) is 31.7 Å². The highest BCUT2D eigenvalue weighted by Gasteiger charge is 2.26. The van der Waals surface area contributed by atoms with Crippen molar-refractivity contribution >= 4 is 23.4 Å². The van der Waals surface area contributed by atoms with Crippen LogP contribution in [-0.2, 0) is 4.79 Å². The predicted octanol–water partition coefficient (Wildman–Crippen LogP) is 5.30. The zero-order chi connectivity index (χ0) is 25.6. The third kappa shape index (κ3) is 6.42. The van der Waals surface area contributed by atoms with E-state index in [1.807, 2.05) is 47.4 Å². The number of nitrogens with one attached hydrogen (secondary N) is 1. The van der Waals surface area contributed by atoms with Crippen LogP contribution >= 0.6 is 0 Å². The van der Waals surface area contributed by atoms with Gasteiger partial charge >= 0.3 is 5.97 Å². The first-order valence-corrected chi connectivity index (χ1v) is 13.4. The first kappa shape index (κ1) is 25.1. The van der Waals surface area contributed by atoms with Crippen molar-refractivity contribution in [3.63, 3.8) is 0 Å². The molecule has 0 aliphatic carbocycles. The first-order valence-electron chi connectivity index (χ1n) is 13.4. The highest BCUT2D eigenvalue weighted by atomic mass is 16.7. The number of ether oxygens (including phenoxy) is 2. The summed E-state index contributed by atoms with van der Waals surface area (Å²) in [5.41, 5.74) is 2.59. The lowest BCUT2D eigenvalue weighted by atomic mass is 9.84. The Labute approximate surface area is 217 Å². The van der Waals surface area contributed by atoms with Crippen molar-refractivity contribution < 1.29 is 24.2 Å². The molecule has 2 aromatic carbocycles. The Balaban J connectivity index is 1.14. The smallest absolute Gasteiger partial charge is 0.303 e. The SMILES string of the molecule is O=C(O)CC(CCC1CCN(C(=O)c2cccc(NC3=NCCCC3)c2)CC1)c1ccc2c(c1)OCO2. The van der Waals surface area contributed by atoms with Gasteiger partial charge in [0.25, 0.3) is 5.91 Å².